The number of rotatable bonds is 8. The highest BCUT2D eigenvalue weighted by atomic mass is 35.5. The van der Waals surface area contributed by atoms with Crippen LogP contribution in [0, 0.1) is 0 Å². The summed E-state index contributed by atoms with van der Waals surface area (Å²) < 4.78 is 0. The number of aryl methyl sites for hydroxylation is 1. The molecule has 1 aliphatic rings. The van der Waals surface area contributed by atoms with Crippen molar-refractivity contribution in [2.24, 2.45) is 0 Å². The van der Waals surface area contributed by atoms with Crippen LogP contribution in [0.3, 0.4) is 0 Å². The third-order valence-electron chi connectivity index (χ3n) is 6.46. The highest BCUT2D eigenvalue weighted by Gasteiger charge is 2.28. The number of nitrogens with zero attached hydrogens (tertiary/aromatic N) is 4. The highest BCUT2D eigenvalue weighted by Crippen LogP contribution is 2.34. The van der Waals surface area contributed by atoms with Crippen molar-refractivity contribution in [2.75, 3.05) is 0 Å². The van der Waals surface area contributed by atoms with Gasteiger partial charge in [-0.05, 0) is 42.0 Å². The van der Waals surface area contributed by atoms with Crippen molar-refractivity contribution in [1.29, 1.82) is 0 Å². The molecule has 0 spiro atoms. The van der Waals surface area contributed by atoms with Crippen molar-refractivity contribution in [2.45, 2.75) is 44.9 Å². The van der Waals surface area contributed by atoms with Gasteiger partial charge in [-0.1, -0.05) is 53.5 Å². The van der Waals surface area contributed by atoms with Crippen molar-refractivity contribution < 1.29 is 4.79 Å². The van der Waals surface area contributed by atoms with Crippen molar-refractivity contribution in [3.05, 3.63) is 111 Å². The van der Waals surface area contributed by atoms with Gasteiger partial charge in [0.2, 0.25) is 0 Å². The second kappa shape index (κ2) is 11.2. The molecule has 1 atom stereocenters. The van der Waals surface area contributed by atoms with Crippen LogP contribution >= 0.6 is 23.2 Å². The van der Waals surface area contributed by atoms with Crippen LogP contribution in [0.4, 0.5) is 0 Å². The Labute approximate surface area is 219 Å². The molecule has 7 nitrogen and oxygen atoms in total. The predicted octanol–water partition coefficient (Wildman–Crippen LogP) is 5.52. The Balaban J connectivity index is 1.29. The Morgan fingerprint density at radius 3 is 2.56 bits per heavy atom. The van der Waals surface area contributed by atoms with Crippen molar-refractivity contribution >= 4 is 29.1 Å². The lowest BCUT2D eigenvalue weighted by Crippen LogP contribution is -2.31. The van der Waals surface area contributed by atoms with Crippen molar-refractivity contribution in [1.82, 2.24) is 30.2 Å². The van der Waals surface area contributed by atoms with E-state index in [0.717, 1.165) is 37.2 Å². The first-order valence-electron chi connectivity index (χ1n) is 11.9. The van der Waals surface area contributed by atoms with Crippen LogP contribution in [0.2, 0.25) is 10.0 Å². The Morgan fingerprint density at radius 1 is 1.03 bits per heavy atom. The van der Waals surface area contributed by atoms with Crippen LogP contribution in [0.5, 0.6) is 0 Å². The lowest BCUT2D eigenvalue weighted by molar-refractivity contribution is 0.0951. The molecule has 9 heteroatoms. The number of nitrogens with one attached hydrogen (secondary N) is 2. The predicted molar refractivity (Wildman–Crippen MR) is 140 cm³/mol. The normalized spacial score (nSPS) is 15.0. The summed E-state index contributed by atoms with van der Waals surface area (Å²) in [4.78, 5) is 31.3. The Hall–Kier alpha value is -3.26. The van der Waals surface area contributed by atoms with Gasteiger partial charge in [-0.15, -0.1) is 0 Å². The summed E-state index contributed by atoms with van der Waals surface area (Å²) in [6, 6.07) is 12.7. The zero-order chi connectivity index (χ0) is 24.9. The molecule has 1 aliphatic carbocycles. The van der Waals surface area contributed by atoms with Gasteiger partial charge in [-0.3, -0.25) is 19.7 Å². The van der Waals surface area contributed by atoms with Crippen molar-refractivity contribution in [3.8, 4) is 0 Å². The van der Waals surface area contributed by atoms with E-state index in [1.807, 2.05) is 30.6 Å². The summed E-state index contributed by atoms with van der Waals surface area (Å²) in [5.41, 5.74) is 4.90. The third-order valence-corrected chi connectivity index (χ3v) is 7.03. The monoisotopic (exact) mass is 520 g/mol. The average molecular weight is 521 g/mol. The minimum Gasteiger partial charge on any atom is -0.348 e. The Morgan fingerprint density at radius 2 is 1.81 bits per heavy atom. The van der Waals surface area contributed by atoms with Gasteiger partial charge in [0.25, 0.3) is 5.91 Å². The molecule has 184 valence electrons. The minimum absolute atomic E-state index is 0.228. The fourth-order valence-electron chi connectivity index (χ4n) is 4.69. The van der Waals surface area contributed by atoms with Gasteiger partial charge >= 0.3 is 0 Å². The maximum Gasteiger partial charge on any atom is 0.254 e. The van der Waals surface area contributed by atoms with E-state index in [1.165, 1.54) is 29.2 Å². The number of aromatic amines is 1. The number of benzene rings is 1. The van der Waals surface area contributed by atoms with E-state index < -0.39 is 0 Å². The summed E-state index contributed by atoms with van der Waals surface area (Å²) in [7, 11) is 0. The standard InChI is InChI=1S/C27H26Cl2N6O/c28-21-14-30-15-22(29)25(21)27(36)34-13-18-6-8-19(9-7-18)16-35(17-24-31-11-12-32-24)23-5-1-3-20-4-2-10-33-26(20)23/h2,4,6-12,14-15,23H,1,3,5,13,16-17H2,(H,31,32)(H,34,36). The maximum atomic E-state index is 12.6. The number of aromatic nitrogens is 4. The summed E-state index contributed by atoms with van der Waals surface area (Å²) in [6.45, 7) is 1.83. The zero-order valence-electron chi connectivity index (χ0n) is 19.6. The van der Waals surface area contributed by atoms with Crippen molar-refractivity contribution in [3.63, 3.8) is 0 Å². The number of carbonyl (C=O) groups excluding carboxylic acids is 1. The molecule has 5 rings (SSSR count). The van der Waals surface area contributed by atoms with E-state index in [9.17, 15) is 4.79 Å². The zero-order valence-corrected chi connectivity index (χ0v) is 21.1. The molecule has 2 N–H and O–H groups in total. The van der Waals surface area contributed by atoms with Crippen LogP contribution in [-0.4, -0.2) is 30.7 Å². The molecule has 36 heavy (non-hydrogen) atoms. The molecule has 0 saturated carbocycles. The first-order valence-corrected chi connectivity index (χ1v) is 12.6. The minimum atomic E-state index is -0.329. The second-order valence-electron chi connectivity index (χ2n) is 8.87. The third kappa shape index (κ3) is 5.59. The number of hydrogen-bond donors (Lipinski definition) is 2. The van der Waals surface area contributed by atoms with Gasteiger partial charge < -0.3 is 10.3 Å². The molecule has 1 unspecified atom stereocenters. The number of halogens is 2. The molecule has 0 radical (unpaired) electrons. The molecule has 1 amide bonds. The fourth-order valence-corrected chi connectivity index (χ4v) is 5.23. The highest BCUT2D eigenvalue weighted by molar-refractivity contribution is 6.39. The largest absolute Gasteiger partial charge is 0.348 e. The SMILES string of the molecule is O=C(NCc1ccc(CN(Cc2ncc[nH]2)C2CCCc3cccnc32)cc1)c1c(Cl)cncc1Cl. The summed E-state index contributed by atoms with van der Waals surface area (Å²) >= 11 is 12.2. The molecule has 3 heterocycles. The number of hydrogen-bond acceptors (Lipinski definition) is 5. The van der Waals surface area contributed by atoms with Crippen LogP contribution in [0.1, 0.15) is 57.5 Å². The number of H-pyrrole nitrogens is 1. The molecule has 0 bridgehead atoms. The maximum absolute atomic E-state index is 12.6. The summed E-state index contributed by atoms with van der Waals surface area (Å²) in [6.07, 6.45) is 11.6. The van der Waals surface area contributed by atoms with E-state index in [2.05, 4.69) is 43.4 Å². The average Bonchev–Trinajstić information content (AvgIpc) is 3.41. The second-order valence-corrected chi connectivity index (χ2v) is 9.69. The van der Waals surface area contributed by atoms with Gasteiger partial charge in [0, 0.05) is 44.1 Å². The van der Waals surface area contributed by atoms with Crippen LogP contribution in [-0.2, 0) is 26.1 Å². The van der Waals surface area contributed by atoms with Crippen LogP contribution in [0.25, 0.3) is 0 Å². The fraction of sp³-hybridized carbons (Fsp3) is 0.259. The van der Waals surface area contributed by atoms with Gasteiger partial charge in [0.15, 0.2) is 0 Å². The molecule has 3 aromatic heterocycles. The Kier molecular flexibility index (Phi) is 7.60. The molecule has 0 aliphatic heterocycles. The van der Waals surface area contributed by atoms with Gasteiger partial charge in [-0.2, -0.15) is 0 Å². The molecular weight excluding hydrogens is 495 g/mol. The molecule has 1 aromatic carbocycles. The Bertz CT molecular complexity index is 1310. The van der Waals surface area contributed by atoms with E-state index in [-0.39, 0.29) is 27.6 Å². The molecule has 4 aromatic rings. The van der Waals surface area contributed by atoms with Crippen LogP contribution in [0.15, 0.2) is 67.4 Å². The lowest BCUT2D eigenvalue weighted by Gasteiger charge is -2.34. The number of amides is 1. The van der Waals surface area contributed by atoms with E-state index in [0.29, 0.717) is 13.1 Å². The number of carbonyl (C=O) groups is 1. The van der Waals surface area contributed by atoms with Crippen LogP contribution < -0.4 is 5.32 Å². The summed E-state index contributed by atoms with van der Waals surface area (Å²) in [5, 5.41) is 3.34. The first kappa shape index (κ1) is 24.4. The van der Waals surface area contributed by atoms with Gasteiger partial charge in [0.05, 0.1) is 33.9 Å². The summed E-state index contributed by atoms with van der Waals surface area (Å²) in [5.74, 6) is 0.607. The van der Waals surface area contributed by atoms with E-state index >= 15 is 0 Å². The number of imidazole rings is 1. The van der Waals surface area contributed by atoms with Gasteiger partial charge in [-0.25, -0.2) is 4.98 Å². The lowest BCUT2D eigenvalue weighted by atomic mass is 9.90. The molecule has 0 saturated heterocycles. The van der Waals surface area contributed by atoms with E-state index in [4.69, 9.17) is 28.2 Å². The molecule has 0 fully saturated rings. The number of pyridine rings is 2. The molecular formula is C27H26Cl2N6O. The van der Waals surface area contributed by atoms with Gasteiger partial charge in [0.1, 0.15) is 5.82 Å². The topological polar surface area (TPSA) is 86.8 Å². The van der Waals surface area contributed by atoms with E-state index in [1.54, 1.807) is 6.20 Å². The smallest absolute Gasteiger partial charge is 0.254 e. The first-order chi connectivity index (χ1) is 17.6. The quantitative estimate of drug-likeness (QED) is 0.319. The number of fused-ring (bicyclic) bond motifs is 1.